The van der Waals surface area contributed by atoms with Gasteiger partial charge in [-0.2, -0.15) is 0 Å². The van der Waals surface area contributed by atoms with Gasteiger partial charge in [0.15, 0.2) is 11.5 Å². The number of imidazole rings is 1. The van der Waals surface area contributed by atoms with Crippen LogP contribution in [0.15, 0.2) is 24.3 Å². The maximum Gasteiger partial charge on any atom is 0.182 e. The van der Waals surface area contributed by atoms with E-state index in [2.05, 4.69) is 38.3 Å². The van der Waals surface area contributed by atoms with Crippen molar-refractivity contribution in [2.75, 3.05) is 11.9 Å². The van der Waals surface area contributed by atoms with Crippen LogP contribution in [-0.2, 0) is 0 Å². The van der Waals surface area contributed by atoms with Crippen molar-refractivity contribution in [2.45, 2.75) is 13.8 Å². The number of hydrogen-bond acceptors (Lipinski definition) is 4. The number of allylic oxidation sites excluding steroid dienone is 1. The van der Waals surface area contributed by atoms with Gasteiger partial charge in [0.05, 0.1) is 6.33 Å². The molecule has 0 aliphatic heterocycles. The van der Waals surface area contributed by atoms with E-state index in [1.54, 1.807) is 6.33 Å². The van der Waals surface area contributed by atoms with Gasteiger partial charge in [-0.25, -0.2) is 15.0 Å². The van der Waals surface area contributed by atoms with Gasteiger partial charge in [0.25, 0.3) is 0 Å². The van der Waals surface area contributed by atoms with E-state index in [1.165, 1.54) is 11.9 Å². The average Bonchev–Trinajstić information content (AvgIpc) is 2.74. The van der Waals surface area contributed by atoms with Crippen molar-refractivity contribution in [1.82, 2.24) is 19.9 Å². The third kappa shape index (κ3) is 1.96. The largest absolute Gasteiger partial charge is 0.364 e. The highest BCUT2D eigenvalue weighted by Crippen LogP contribution is 2.14. The van der Waals surface area contributed by atoms with Crippen LogP contribution in [-0.4, -0.2) is 26.5 Å². The molecule has 0 aliphatic carbocycles. The second kappa shape index (κ2) is 4.08. The van der Waals surface area contributed by atoms with Crippen molar-refractivity contribution in [3.63, 3.8) is 0 Å². The van der Waals surface area contributed by atoms with E-state index in [-0.39, 0.29) is 0 Å². The summed E-state index contributed by atoms with van der Waals surface area (Å²) in [6.07, 6.45) is 5.20. The molecule has 0 saturated carbocycles. The fourth-order valence-corrected chi connectivity index (χ4v) is 1.22. The number of rotatable bonds is 3. The quantitative estimate of drug-likeness (QED) is 0.745. The summed E-state index contributed by atoms with van der Waals surface area (Å²) in [5.74, 6) is 0.790. The molecule has 0 saturated heterocycles. The molecule has 0 radical (unpaired) electrons. The maximum absolute atomic E-state index is 4.16. The number of aromatic nitrogens is 4. The molecule has 5 nitrogen and oxygen atoms in total. The van der Waals surface area contributed by atoms with Crippen molar-refractivity contribution in [3.05, 3.63) is 24.3 Å². The second-order valence-corrected chi connectivity index (χ2v) is 3.31. The minimum absolute atomic E-state index is 0.686. The minimum atomic E-state index is 0.686. The van der Waals surface area contributed by atoms with E-state index in [0.29, 0.717) is 5.65 Å². The highest BCUT2D eigenvalue weighted by atomic mass is 15.1. The minimum Gasteiger partial charge on any atom is -0.364 e. The molecule has 15 heavy (non-hydrogen) atoms. The molecule has 0 spiro atoms. The topological polar surface area (TPSA) is 66.5 Å². The lowest BCUT2D eigenvalue weighted by Gasteiger charge is -2.05. The molecule has 0 aliphatic rings. The summed E-state index contributed by atoms with van der Waals surface area (Å²) in [5, 5.41) is 3.23. The summed E-state index contributed by atoms with van der Waals surface area (Å²) in [6.45, 7) is 4.86. The smallest absolute Gasteiger partial charge is 0.182 e. The maximum atomic E-state index is 4.16. The molecule has 0 amide bonds. The van der Waals surface area contributed by atoms with Crippen molar-refractivity contribution >= 4 is 17.0 Å². The molecular weight excluding hydrogens is 190 g/mol. The highest BCUT2D eigenvalue weighted by molar-refractivity contribution is 5.81. The van der Waals surface area contributed by atoms with Crippen LogP contribution in [0.25, 0.3) is 11.2 Å². The number of hydrogen-bond donors (Lipinski definition) is 2. The Labute approximate surface area is 87.7 Å². The van der Waals surface area contributed by atoms with Crippen molar-refractivity contribution in [3.8, 4) is 0 Å². The zero-order valence-electron chi connectivity index (χ0n) is 8.78. The number of H-pyrrole nitrogens is 1. The lowest BCUT2D eigenvalue weighted by molar-refractivity contribution is 1.13. The Balaban J connectivity index is 2.24. The molecular formula is C10H13N5. The number of fused-ring (bicyclic) bond motifs is 1. The van der Waals surface area contributed by atoms with E-state index in [0.717, 1.165) is 17.9 Å². The summed E-state index contributed by atoms with van der Waals surface area (Å²) < 4.78 is 0. The molecule has 2 heterocycles. The Morgan fingerprint density at radius 3 is 3.13 bits per heavy atom. The van der Waals surface area contributed by atoms with Gasteiger partial charge in [0.1, 0.15) is 11.8 Å². The summed E-state index contributed by atoms with van der Waals surface area (Å²) in [4.78, 5) is 15.3. The van der Waals surface area contributed by atoms with Crippen LogP contribution >= 0.6 is 0 Å². The molecule has 2 aromatic heterocycles. The van der Waals surface area contributed by atoms with E-state index < -0.39 is 0 Å². The van der Waals surface area contributed by atoms with E-state index in [9.17, 15) is 0 Å². The lowest BCUT2D eigenvalue weighted by atomic mass is 10.3. The molecule has 0 aromatic carbocycles. The molecule has 0 fully saturated rings. The summed E-state index contributed by atoms with van der Waals surface area (Å²) >= 11 is 0. The average molecular weight is 203 g/mol. The number of anilines is 1. The van der Waals surface area contributed by atoms with Gasteiger partial charge >= 0.3 is 0 Å². The molecule has 0 atom stereocenters. The summed E-state index contributed by atoms with van der Waals surface area (Å²) in [5.41, 5.74) is 2.80. The summed E-state index contributed by atoms with van der Waals surface area (Å²) in [6, 6.07) is 0. The predicted octanol–water partition coefficient (Wildman–Crippen LogP) is 1.73. The predicted molar refractivity (Wildman–Crippen MR) is 59.6 cm³/mol. The van der Waals surface area contributed by atoms with Gasteiger partial charge in [-0.05, 0) is 13.8 Å². The molecule has 5 heteroatoms. The van der Waals surface area contributed by atoms with Gasteiger partial charge in [-0.3, -0.25) is 0 Å². The molecule has 78 valence electrons. The van der Waals surface area contributed by atoms with E-state index in [1.807, 2.05) is 6.92 Å². The van der Waals surface area contributed by atoms with Crippen LogP contribution in [0.4, 0.5) is 5.82 Å². The Morgan fingerprint density at radius 1 is 1.47 bits per heavy atom. The SMILES string of the molecule is CC=C(C)CNc1ncnc2nc[nH]c12. The number of nitrogens with zero attached hydrogens (tertiary/aromatic N) is 3. The van der Waals surface area contributed by atoms with Gasteiger partial charge in [-0.15, -0.1) is 0 Å². The lowest BCUT2D eigenvalue weighted by Crippen LogP contribution is -2.05. The van der Waals surface area contributed by atoms with Crippen LogP contribution in [0.2, 0.25) is 0 Å². The monoisotopic (exact) mass is 203 g/mol. The van der Waals surface area contributed by atoms with Crippen LogP contribution in [0.5, 0.6) is 0 Å². The zero-order chi connectivity index (χ0) is 10.7. The third-order valence-electron chi connectivity index (χ3n) is 2.25. The van der Waals surface area contributed by atoms with Crippen molar-refractivity contribution < 1.29 is 0 Å². The normalized spacial score (nSPS) is 12.0. The molecule has 2 aromatic rings. The Morgan fingerprint density at radius 2 is 2.33 bits per heavy atom. The first kappa shape index (κ1) is 9.64. The zero-order valence-corrected chi connectivity index (χ0v) is 8.78. The Kier molecular flexibility index (Phi) is 2.62. The van der Waals surface area contributed by atoms with Crippen LogP contribution in [0.3, 0.4) is 0 Å². The Bertz CT molecular complexity index is 485. The first-order chi connectivity index (χ1) is 7.31. The van der Waals surface area contributed by atoms with Crippen LogP contribution in [0, 0.1) is 0 Å². The summed E-state index contributed by atoms with van der Waals surface area (Å²) in [7, 11) is 0. The molecule has 0 bridgehead atoms. The number of nitrogens with one attached hydrogen (secondary N) is 2. The fraction of sp³-hybridized carbons (Fsp3) is 0.300. The van der Waals surface area contributed by atoms with Crippen LogP contribution in [0.1, 0.15) is 13.8 Å². The Hall–Kier alpha value is -1.91. The number of aromatic amines is 1. The fourth-order valence-electron chi connectivity index (χ4n) is 1.22. The molecule has 2 rings (SSSR count). The molecule has 0 unspecified atom stereocenters. The van der Waals surface area contributed by atoms with Crippen LogP contribution < -0.4 is 5.32 Å². The van der Waals surface area contributed by atoms with E-state index in [4.69, 9.17) is 0 Å². The highest BCUT2D eigenvalue weighted by Gasteiger charge is 2.04. The van der Waals surface area contributed by atoms with Crippen molar-refractivity contribution in [1.29, 1.82) is 0 Å². The van der Waals surface area contributed by atoms with Gasteiger partial charge in [0.2, 0.25) is 0 Å². The van der Waals surface area contributed by atoms with Gasteiger partial charge in [-0.1, -0.05) is 11.6 Å². The van der Waals surface area contributed by atoms with Gasteiger partial charge in [0, 0.05) is 6.54 Å². The first-order valence-corrected chi connectivity index (χ1v) is 4.81. The second-order valence-electron chi connectivity index (χ2n) is 3.31. The van der Waals surface area contributed by atoms with Gasteiger partial charge < -0.3 is 10.3 Å². The third-order valence-corrected chi connectivity index (χ3v) is 2.25. The molecule has 2 N–H and O–H groups in total. The standard InChI is InChI=1S/C10H13N5/c1-3-7(2)4-11-9-8-10(13-5-12-8)15-6-14-9/h3,5-6H,4H2,1-2H3,(H2,11,12,13,14,15). The first-order valence-electron chi connectivity index (χ1n) is 4.81. The van der Waals surface area contributed by atoms with Crippen molar-refractivity contribution in [2.24, 2.45) is 0 Å². The van der Waals surface area contributed by atoms with E-state index >= 15 is 0 Å².